The fourth-order valence-corrected chi connectivity index (χ4v) is 3.72. The van der Waals surface area contributed by atoms with Gasteiger partial charge in [0.15, 0.2) is 5.96 Å². The van der Waals surface area contributed by atoms with Gasteiger partial charge in [-0.2, -0.15) is 0 Å². The number of benzene rings is 2. The van der Waals surface area contributed by atoms with Crippen molar-refractivity contribution < 1.29 is 4.79 Å². The van der Waals surface area contributed by atoms with E-state index in [4.69, 9.17) is 0 Å². The van der Waals surface area contributed by atoms with Gasteiger partial charge in [0.2, 0.25) is 5.91 Å². The number of hydrogen-bond acceptors (Lipinski definition) is 3. The van der Waals surface area contributed by atoms with Crippen molar-refractivity contribution in [3.63, 3.8) is 0 Å². The Morgan fingerprint density at radius 1 is 1.14 bits per heavy atom. The molecule has 3 rings (SSSR count). The van der Waals surface area contributed by atoms with E-state index in [9.17, 15) is 4.79 Å². The maximum atomic E-state index is 12.0. The molecule has 28 heavy (non-hydrogen) atoms. The quantitative estimate of drug-likeness (QED) is 0.213. The number of likely N-dealkylation sites (N-methyl/N-ethyl adjacent to an activating group) is 1. The Morgan fingerprint density at radius 2 is 1.86 bits per heavy atom. The van der Waals surface area contributed by atoms with Crippen LogP contribution in [0.5, 0.6) is 0 Å². The number of guanidine groups is 1. The van der Waals surface area contributed by atoms with Gasteiger partial charge in [0, 0.05) is 43.5 Å². The average molecular weight is 510 g/mol. The number of aliphatic imine (C=N–C) groups is 1. The molecule has 0 bridgehead atoms. The Kier molecular flexibility index (Phi) is 9.11. The highest BCUT2D eigenvalue weighted by Gasteiger charge is 2.22. The number of amides is 1. The van der Waals surface area contributed by atoms with Crippen LogP contribution in [-0.2, 0) is 11.2 Å². The number of para-hydroxylation sites is 1. The molecule has 1 N–H and O–H groups in total. The molecular formula is C21H27IN4OS. The largest absolute Gasteiger partial charge is 0.355 e. The van der Waals surface area contributed by atoms with Gasteiger partial charge < -0.3 is 15.1 Å². The summed E-state index contributed by atoms with van der Waals surface area (Å²) < 4.78 is 0. The summed E-state index contributed by atoms with van der Waals surface area (Å²) in [7, 11) is 3.51. The van der Waals surface area contributed by atoms with Crippen molar-refractivity contribution in [3.05, 3.63) is 60.2 Å². The van der Waals surface area contributed by atoms with E-state index in [-0.39, 0.29) is 36.4 Å². The Balaban J connectivity index is 0.00000280. The van der Waals surface area contributed by atoms with E-state index < -0.39 is 0 Å². The molecule has 0 radical (unpaired) electrons. The van der Waals surface area contributed by atoms with Gasteiger partial charge in [0.05, 0.1) is 0 Å². The second-order valence-electron chi connectivity index (χ2n) is 6.55. The summed E-state index contributed by atoms with van der Waals surface area (Å²) >= 11 is 1.81. The first-order valence-corrected chi connectivity index (χ1v) is 10.2. The summed E-state index contributed by atoms with van der Waals surface area (Å²) in [5.74, 6) is 1.71. The van der Waals surface area contributed by atoms with E-state index in [2.05, 4.69) is 57.7 Å². The van der Waals surface area contributed by atoms with Crippen molar-refractivity contribution >= 4 is 53.3 Å². The minimum atomic E-state index is 0. The number of hydrogen-bond donors (Lipinski definition) is 1. The predicted octanol–water partition coefficient (Wildman–Crippen LogP) is 3.49. The molecule has 0 spiro atoms. The highest BCUT2D eigenvalue weighted by atomic mass is 127. The third-order valence-corrected chi connectivity index (χ3v) is 5.42. The van der Waals surface area contributed by atoms with E-state index in [1.807, 2.05) is 23.9 Å². The van der Waals surface area contributed by atoms with Crippen LogP contribution in [0.1, 0.15) is 5.56 Å². The second kappa shape index (κ2) is 11.3. The van der Waals surface area contributed by atoms with E-state index in [0.717, 1.165) is 31.2 Å². The van der Waals surface area contributed by atoms with Gasteiger partial charge in [-0.25, -0.2) is 4.99 Å². The van der Waals surface area contributed by atoms with Crippen molar-refractivity contribution in [2.45, 2.75) is 11.3 Å². The highest BCUT2D eigenvalue weighted by Crippen LogP contribution is 2.27. The van der Waals surface area contributed by atoms with Crippen LogP contribution >= 0.6 is 35.7 Å². The molecule has 5 nitrogen and oxygen atoms in total. The minimum absolute atomic E-state index is 0. The Labute approximate surface area is 188 Å². The zero-order valence-corrected chi connectivity index (χ0v) is 19.4. The first-order chi connectivity index (χ1) is 13.1. The van der Waals surface area contributed by atoms with Gasteiger partial charge in [-0.05, 0) is 30.2 Å². The van der Waals surface area contributed by atoms with E-state index in [1.165, 1.54) is 16.1 Å². The lowest BCUT2D eigenvalue weighted by molar-refractivity contribution is -0.127. The molecule has 0 saturated carbocycles. The van der Waals surface area contributed by atoms with Crippen LogP contribution in [0.25, 0.3) is 0 Å². The summed E-state index contributed by atoms with van der Waals surface area (Å²) in [4.78, 5) is 21.6. The van der Waals surface area contributed by atoms with Crippen LogP contribution in [0.4, 0.5) is 5.69 Å². The van der Waals surface area contributed by atoms with Crippen molar-refractivity contribution in [3.8, 4) is 0 Å². The zero-order valence-electron chi connectivity index (χ0n) is 16.3. The first kappa shape index (κ1) is 22.5. The van der Waals surface area contributed by atoms with Crippen LogP contribution in [0.15, 0.2) is 64.5 Å². The van der Waals surface area contributed by atoms with Crippen molar-refractivity contribution in [1.29, 1.82) is 0 Å². The van der Waals surface area contributed by atoms with Crippen LogP contribution in [0.3, 0.4) is 0 Å². The van der Waals surface area contributed by atoms with Gasteiger partial charge in [-0.1, -0.05) is 36.4 Å². The smallest absolute Gasteiger partial charge is 0.243 e. The van der Waals surface area contributed by atoms with Gasteiger partial charge in [-0.15, -0.1) is 35.7 Å². The second-order valence-corrected chi connectivity index (χ2v) is 7.71. The zero-order chi connectivity index (χ0) is 19.1. The predicted molar refractivity (Wildman–Crippen MR) is 129 cm³/mol. The fraction of sp³-hybridized carbons (Fsp3) is 0.333. The number of carbonyl (C=O) groups excluding carboxylic acids is 1. The lowest BCUT2D eigenvalue weighted by atomic mass is 10.2. The summed E-state index contributed by atoms with van der Waals surface area (Å²) in [6, 6.07) is 18.8. The number of nitrogens with one attached hydrogen (secondary N) is 1. The molecule has 1 amide bonds. The lowest BCUT2D eigenvalue weighted by Gasteiger charge is -2.23. The van der Waals surface area contributed by atoms with Crippen molar-refractivity contribution in [1.82, 2.24) is 10.2 Å². The summed E-state index contributed by atoms with van der Waals surface area (Å²) in [6.07, 6.45) is 0.997. The molecule has 1 aliphatic heterocycles. The average Bonchev–Trinajstić information content (AvgIpc) is 3.12. The number of carbonyl (C=O) groups is 1. The fourth-order valence-electron chi connectivity index (χ4n) is 2.93. The van der Waals surface area contributed by atoms with E-state index in [0.29, 0.717) is 0 Å². The van der Waals surface area contributed by atoms with E-state index in [1.54, 1.807) is 19.0 Å². The molecule has 7 heteroatoms. The first-order valence-electron chi connectivity index (χ1n) is 9.17. The summed E-state index contributed by atoms with van der Waals surface area (Å²) in [5.41, 5.74) is 2.50. The minimum Gasteiger partial charge on any atom is -0.355 e. The molecule has 0 aliphatic carbocycles. The monoisotopic (exact) mass is 510 g/mol. The molecule has 2 aromatic rings. The van der Waals surface area contributed by atoms with Crippen LogP contribution in [0, 0.1) is 0 Å². The molecule has 0 aromatic heterocycles. The highest BCUT2D eigenvalue weighted by molar-refractivity contribution is 14.0. The molecule has 150 valence electrons. The maximum absolute atomic E-state index is 12.0. The molecule has 0 unspecified atom stereocenters. The van der Waals surface area contributed by atoms with Crippen LogP contribution in [-0.4, -0.2) is 56.2 Å². The Morgan fingerprint density at radius 3 is 2.61 bits per heavy atom. The third-order valence-electron chi connectivity index (χ3n) is 4.40. The summed E-state index contributed by atoms with van der Waals surface area (Å²) in [5, 5.41) is 3.45. The molecule has 0 saturated heterocycles. The number of halogens is 1. The molecule has 1 heterocycles. The molecular weight excluding hydrogens is 483 g/mol. The SMILES string of the molecule is CN(C)C(=O)CN=C(NCCSc1ccccc1)N1CCc2ccccc21.I. The van der Waals surface area contributed by atoms with Crippen molar-refractivity contribution in [2.24, 2.45) is 4.99 Å². The number of nitrogens with zero attached hydrogens (tertiary/aromatic N) is 3. The third kappa shape index (κ3) is 6.13. The molecule has 0 fully saturated rings. The Hall–Kier alpha value is -1.74. The topological polar surface area (TPSA) is 47.9 Å². The maximum Gasteiger partial charge on any atom is 0.243 e. The number of rotatable bonds is 6. The van der Waals surface area contributed by atoms with Crippen LogP contribution < -0.4 is 10.2 Å². The van der Waals surface area contributed by atoms with Crippen molar-refractivity contribution in [2.75, 3.05) is 44.4 Å². The van der Waals surface area contributed by atoms with Crippen LogP contribution in [0.2, 0.25) is 0 Å². The van der Waals surface area contributed by atoms with Gasteiger partial charge in [-0.3, -0.25) is 4.79 Å². The molecule has 0 atom stereocenters. The van der Waals surface area contributed by atoms with E-state index >= 15 is 0 Å². The number of thioether (sulfide) groups is 1. The molecule has 2 aromatic carbocycles. The van der Waals surface area contributed by atoms with Gasteiger partial charge in [0.1, 0.15) is 6.54 Å². The number of fused-ring (bicyclic) bond motifs is 1. The standard InChI is InChI=1S/C21H26N4OS.HI/c1-24(2)20(26)16-23-21(22-13-15-27-18-9-4-3-5-10-18)25-14-12-17-8-6-7-11-19(17)25;/h3-11H,12-16H2,1-2H3,(H,22,23);1H. The molecule has 1 aliphatic rings. The number of anilines is 1. The Bertz CT molecular complexity index is 798. The van der Waals surface area contributed by atoms with Gasteiger partial charge in [0.25, 0.3) is 0 Å². The normalized spacial score (nSPS) is 12.9. The lowest BCUT2D eigenvalue weighted by Crippen LogP contribution is -2.42. The van der Waals surface area contributed by atoms with Gasteiger partial charge >= 0.3 is 0 Å². The summed E-state index contributed by atoms with van der Waals surface area (Å²) in [6.45, 7) is 1.82.